The molecule has 0 saturated heterocycles. The van der Waals surface area contributed by atoms with Crippen molar-refractivity contribution < 1.29 is 28.7 Å². The molecule has 1 atom stereocenters. The average molecular weight is 466 g/mol. The number of methoxy groups -OCH3 is 1. The van der Waals surface area contributed by atoms with Gasteiger partial charge in [0.05, 0.1) is 23.6 Å². The van der Waals surface area contributed by atoms with Gasteiger partial charge in [-0.3, -0.25) is 14.4 Å². The Labute approximate surface area is 196 Å². The third kappa shape index (κ3) is 5.09. The lowest BCUT2D eigenvalue weighted by Gasteiger charge is -2.13. The van der Waals surface area contributed by atoms with E-state index in [-0.39, 0.29) is 11.3 Å². The van der Waals surface area contributed by atoms with E-state index < -0.39 is 36.2 Å². The number of primary amides is 1. The molecule has 3 aromatic rings. The van der Waals surface area contributed by atoms with Crippen molar-refractivity contribution in [3.8, 4) is 5.75 Å². The van der Waals surface area contributed by atoms with Crippen LogP contribution in [0.4, 0.5) is 0 Å². The topological polar surface area (TPSA) is 130 Å². The van der Waals surface area contributed by atoms with Crippen molar-refractivity contribution in [1.82, 2.24) is 9.88 Å². The molecule has 0 bridgehead atoms. The summed E-state index contributed by atoms with van der Waals surface area (Å²) in [7, 11) is 1.23. The van der Waals surface area contributed by atoms with Gasteiger partial charge in [0.2, 0.25) is 0 Å². The number of hydrogen-bond donors (Lipinski definition) is 2. The summed E-state index contributed by atoms with van der Waals surface area (Å²) in [5, 5.41) is 2.89. The van der Waals surface area contributed by atoms with E-state index in [2.05, 4.69) is 10.1 Å². The number of Topliss-reactive ketones (excluding diaryl/α,β-unsaturated/α-hetero) is 1. The molecule has 9 heteroatoms. The molecule has 3 N–H and O–H groups in total. The number of amides is 2. The molecule has 1 unspecified atom stereocenters. The maximum atomic E-state index is 12.9. The van der Waals surface area contributed by atoms with Gasteiger partial charge in [-0.1, -0.05) is 43.3 Å². The predicted molar refractivity (Wildman–Crippen MR) is 126 cm³/mol. The van der Waals surface area contributed by atoms with Crippen LogP contribution >= 0.6 is 0 Å². The van der Waals surface area contributed by atoms with Gasteiger partial charge in [-0.15, -0.1) is 0 Å². The number of carbonyl (C=O) groups excluding carboxylic acids is 4. The molecule has 3 rings (SSSR count). The molecule has 34 heavy (non-hydrogen) atoms. The number of esters is 1. The first-order chi connectivity index (χ1) is 16.3. The molecular formula is C25H27N3O6. The zero-order chi connectivity index (χ0) is 24.8. The summed E-state index contributed by atoms with van der Waals surface area (Å²) in [6.45, 7) is 3.43. The number of aromatic nitrogens is 1. The van der Waals surface area contributed by atoms with E-state index in [1.54, 1.807) is 12.1 Å². The SMILES string of the molecule is CCc1c(C(=O)C(N)=O)c2c(OCC(=O)NC(C)C(=O)OC)cccc2n1Cc1ccccc1. The first kappa shape index (κ1) is 24.5. The number of nitrogens with one attached hydrogen (secondary N) is 1. The maximum absolute atomic E-state index is 12.9. The highest BCUT2D eigenvalue weighted by atomic mass is 16.5. The second-order valence-corrected chi connectivity index (χ2v) is 7.69. The number of ether oxygens (including phenoxy) is 2. The van der Waals surface area contributed by atoms with Crippen molar-refractivity contribution in [3.63, 3.8) is 0 Å². The minimum Gasteiger partial charge on any atom is -0.483 e. The quantitative estimate of drug-likeness (QED) is 0.268. The van der Waals surface area contributed by atoms with Crippen molar-refractivity contribution >= 4 is 34.5 Å². The fourth-order valence-electron chi connectivity index (χ4n) is 3.88. The van der Waals surface area contributed by atoms with Crippen LogP contribution in [0.25, 0.3) is 10.9 Å². The van der Waals surface area contributed by atoms with Crippen LogP contribution in [0.1, 0.15) is 35.5 Å². The van der Waals surface area contributed by atoms with Gasteiger partial charge in [0.25, 0.3) is 17.6 Å². The average Bonchev–Trinajstić information content (AvgIpc) is 3.15. The predicted octanol–water partition coefficient (Wildman–Crippen LogP) is 1.98. The van der Waals surface area contributed by atoms with Gasteiger partial charge in [0.15, 0.2) is 6.61 Å². The molecule has 1 aromatic heterocycles. The number of ketones is 1. The molecular weight excluding hydrogens is 438 g/mol. The Morgan fingerprint density at radius 2 is 1.76 bits per heavy atom. The molecule has 0 saturated carbocycles. The smallest absolute Gasteiger partial charge is 0.328 e. The summed E-state index contributed by atoms with van der Waals surface area (Å²) >= 11 is 0. The molecule has 0 radical (unpaired) electrons. The zero-order valence-electron chi connectivity index (χ0n) is 19.3. The number of fused-ring (bicyclic) bond motifs is 1. The summed E-state index contributed by atoms with van der Waals surface area (Å²) in [6, 6.07) is 14.0. The Kier molecular flexibility index (Phi) is 7.68. The van der Waals surface area contributed by atoms with Crippen LogP contribution in [0.3, 0.4) is 0 Å². The van der Waals surface area contributed by atoms with Gasteiger partial charge < -0.3 is 25.1 Å². The second-order valence-electron chi connectivity index (χ2n) is 7.69. The van der Waals surface area contributed by atoms with Crippen LogP contribution in [0, 0.1) is 0 Å². The van der Waals surface area contributed by atoms with E-state index in [4.69, 9.17) is 10.5 Å². The number of nitrogens with two attached hydrogens (primary N) is 1. The van der Waals surface area contributed by atoms with Crippen LogP contribution in [-0.4, -0.2) is 47.9 Å². The number of carbonyl (C=O) groups is 4. The molecule has 178 valence electrons. The summed E-state index contributed by atoms with van der Waals surface area (Å²) in [5.74, 6) is -2.78. The fraction of sp³-hybridized carbons (Fsp3) is 0.280. The molecule has 0 aliphatic carbocycles. The standard InChI is InChI=1S/C25H27N3O6/c1-4-17-22(23(30)24(26)31)21-18(28(17)13-16-9-6-5-7-10-16)11-8-12-19(21)34-14-20(29)27-15(2)25(32)33-3/h5-12,15H,4,13-14H2,1-3H3,(H2,26,31)(H,27,29). The molecule has 0 aliphatic heterocycles. The van der Waals surface area contributed by atoms with Crippen molar-refractivity contribution in [2.45, 2.75) is 32.9 Å². The highest BCUT2D eigenvalue weighted by molar-refractivity contribution is 6.45. The fourth-order valence-corrected chi connectivity index (χ4v) is 3.88. The lowest BCUT2D eigenvalue weighted by atomic mass is 10.0. The van der Waals surface area contributed by atoms with E-state index >= 15 is 0 Å². The minimum absolute atomic E-state index is 0.167. The van der Waals surface area contributed by atoms with Gasteiger partial charge in [-0.25, -0.2) is 4.79 Å². The third-order valence-corrected chi connectivity index (χ3v) is 5.42. The molecule has 1 heterocycles. The normalized spacial score (nSPS) is 11.6. The van der Waals surface area contributed by atoms with E-state index in [1.807, 2.05) is 47.9 Å². The Bertz CT molecular complexity index is 1230. The van der Waals surface area contributed by atoms with Crippen LogP contribution < -0.4 is 15.8 Å². The van der Waals surface area contributed by atoms with Crippen molar-refractivity contribution in [1.29, 1.82) is 0 Å². The van der Waals surface area contributed by atoms with Crippen LogP contribution in [-0.2, 0) is 32.1 Å². The molecule has 2 amide bonds. The lowest BCUT2D eigenvalue weighted by Crippen LogP contribution is -2.41. The van der Waals surface area contributed by atoms with E-state index in [0.717, 1.165) is 5.56 Å². The number of benzene rings is 2. The number of hydrogen-bond acceptors (Lipinski definition) is 6. The first-order valence-corrected chi connectivity index (χ1v) is 10.8. The van der Waals surface area contributed by atoms with E-state index in [9.17, 15) is 19.2 Å². The summed E-state index contributed by atoms with van der Waals surface area (Å²) in [4.78, 5) is 48.6. The monoisotopic (exact) mass is 465 g/mol. The molecule has 9 nitrogen and oxygen atoms in total. The van der Waals surface area contributed by atoms with Gasteiger partial charge in [0, 0.05) is 12.2 Å². The van der Waals surface area contributed by atoms with Crippen LogP contribution in [0.2, 0.25) is 0 Å². The molecule has 0 spiro atoms. The number of nitrogens with zero attached hydrogens (tertiary/aromatic N) is 1. The van der Waals surface area contributed by atoms with Crippen molar-refractivity contribution in [3.05, 3.63) is 65.4 Å². The first-order valence-electron chi connectivity index (χ1n) is 10.8. The third-order valence-electron chi connectivity index (χ3n) is 5.42. The summed E-state index contributed by atoms with van der Waals surface area (Å²) in [6.07, 6.45) is 0.465. The Morgan fingerprint density at radius 3 is 2.38 bits per heavy atom. The van der Waals surface area contributed by atoms with Gasteiger partial charge >= 0.3 is 5.97 Å². The van der Waals surface area contributed by atoms with E-state index in [1.165, 1.54) is 14.0 Å². The van der Waals surface area contributed by atoms with Gasteiger partial charge in [-0.2, -0.15) is 0 Å². The highest BCUT2D eigenvalue weighted by Gasteiger charge is 2.27. The zero-order valence-corrected chi connectivity index (χ0v) is 19.3. The Hall–Kier alpha value is -4.14. The lowest BCUT2D eigenvalue weighted by molar-refractivity contribution is -0.144. The number of rotatable bonds is 10. The van der Waals surface area contributed by atoms with Crippen LogP contribution in [0.5, 0.6) is 5.75 Å². The van der Waals surface area contributed by atoms with Crippen molar-refractivity contribution in [2.75, 3.05) is 13.7 Å². The minimum atomic E-state index is -1.08. The van der Waals surface area contributed by atoms with Gasteiger partial charge in [-0.05, 0) is 31.0 Å². The molecule has 0 fully saturated rings. The highest BCUT2D eigenvalue weighted by Crippen LogP contribution is 2.35. The van der Waals surface area contributed by atoms with Crippen LogP contribution in [0.15, 0.2) is 48.5 Å². The maximum Gasteiger partial charge on any atom is 0.328 e. The van der Waals surface area contributed by atoms with Crippen molar-refractivity contribution in [2.24, 2.45) is 5.73 Å². The molecule has 2 aromatic carbocycles. The molecule has 0 aliphatic rings. The largest absolute Gasteiger partial charge is 0.483 e. The van der Waals surface area contributed by atoms with Gasteiger partial charge in [0.1, 0.15) is 11.8 Å². The Morgan fingerprint density at radius 1 is 1.06 bits per heavy atom. The Balaban J connectivity index is 2.04. The summed E-state index contributed by atoms with van der Waals surface area (Å²) in [5.41, 5.74) is 7.86. The second kappa shape index (κ2) is 10.7. The van der Waals surface area contributed by atoms with E-state index in [0.29, 0.717) is 29.6 Å². The summed E-state index contributed by atoms with van der Waals surface area (Å²) < 4.78 is 12.3.